The normalized spacial score (nSPS) is 11.5. The van der Waals surface area contributed by atoms with Gasteiger partial charge < -0.3 is 38.9 Å². The molecule has 1 aromatic rings. The van der Waals surface area contributed by atoms with Crippen LogP contribution in [-0.4, -0.2) is 31.8 Å². The second-order valence-corrected chi connectivity index (χ2v) is 7.63. The van der Waals surface area contributed by atoms with Crippen LogP contribution >= 0.6 is 0 Å². The fraction of sp³-hybridized carbons (Fsp3) is 0.682. The van der Waals surface area contributed by atoms with Gasteiger partial charge in [0.05, 0.1) is 20.1 Å². The quantitative estimate of drug-likeness (QED) is 0.483. The molecule has 0 bridgehead atoms. The molecule has 4 nitrogen and oxygen atoms in total. The van der Waals surface area contributed by atoms with Crippen LogP contribution in [0.15, 0.2) is 30.3 Å². The molecule has 1 rings (SSSR count). The van der Waals surface area contributed by atoms with Crippen LogP contribution in [0, 0.1) is 0 Å². The average Bonchev–Trinajstić information content (AvgIpc) is 2.64. The van der Waals surface area contributed by atoms with Gasteiger partial charge in [-0.15, -0.1) is 0 Å². The van der Waals surface area contributed by atoms with E-state index in [-0.39, 0.29) is 35.6 Å². The van der Waals surface area contributed by atoms with E-state index in [0.29, 0.717) is 6.61 Å². The lowest BCUT2D eigenvalue weighted by Gasteiger charge is -2.27. The zero-order chi connectivity index (χ0) is 19.8. The summed E-state index contributed by atoms with van der Waals surface area (Å²) in [6.07, 6.45) is 5.70. The van der Waals surface area contributed by atoms with Crippen LogP contribution in [0.3, 0.4) is 0 Å². The lowest BCUT2D eigenvalue weighted by molar-refractivity contribution is -0.880. The van der Waals surface area contributed by atoms with Crippen LogP contribution in [0.25, 0.3) is 0 Å². The number of halogens is 1. The molecular weight excluding hydrogens is 451 g/mol. The van der Waals surface area contributed by atoms with Crippen molar-refractivity contribution in [2.45, 2.75) is 78.9 Å². The molecule has 0 heterocycles. The number of carbonyl (C=O) groups excluding carboxylic acids is 1. The first-order valence-corrected chi connectivity index (χ1v) is 10.1. The lowest BCUT2D eigenvalue weighted by Crippen LogP contribution is -3.09. The number of hydrogen-bond donors (Lipinski definition) is 2. The third kappa shape index (κ3) is 17.0. The Bertz CT molecular complexity index is 465. The van der Waals surface area contributed by atoms with E-state index >= 15 is 0 Å². The van der Waals surface area contributed by atoms with Crippen LogP contribution in [0.4, 0.5) is 4.79 Å². The highest BCUT2D eigenvalue weighted by atomic mass is 127. The average molecular weight is 492 g/mol. The first kappa shape index (κ1) is 28.4. The molecule has 1 atom stereocenters. The smallest absolute Gasteiger partial charge is 0.407 e. The van der Waals surface area contributed by atoms with Crippen molar-refractivity contribution in [2.24, 2.45) is 0 Å². The van der Waals surface area contributed by atoms with Gasteiger partial charge in [-0.25, -0.2) is 4.79 Å². The Kier molecular flexibility index (Phi) is 18.2. The monoisotopic (exact) mass is 492 g/mol. The van der Waals surface area contributed by atoms with Gasteiger partial charge in [-0.05, 0) is 25.8 Å². The second-order valence-electron chi connectivity index (χ2n) is 7.63. The van der Waals surface area contributed by atoms with Crippen molar-refractivity contribution < 1.29 is 38.4 Å². The number of amides is 1. The van der Waals surface area contributed by atoms with Gasteiger partial charge in [-0.2, -0.15) is 0 Å². The van der Waals surface area contributed by atoms with Gasteiger partial charge in [-0.1, -0.05) is 70.4 Å². The zero-order valence-corrected chi connectivity index (χ0v) is 20.4. The molecule has 0 saturated carbocycles. The second kappa shape index (κ2) is 17.3. The summed E-state index contributed by atoms with van der Waals surface area (Å²) in [5.41, 5.74) is 0.750. The highest BCUT2D eigenvalue weighted by Gasteiger charge is 2.22. The van der Waals surface area contributed by atoms with Crippen molar-refractivity contribution >= 4 is 6.09 Å². The Balaban J connectivity index is 0. The molecule has 0 aliphatic carbocycles. The number of alkyl carbamates (subject to hydrolysis) is 1. The molecule has 0 spiro atoms. The molecule has 158 valence electrons. The number of rotatable bonds is 10. The van der Waals surface area contributed by atoms with Crippen molar-refractivity contribution in [3.05, 3.63) is 35.9 Å². The molecule has 2 N–H and O–H groups in total. The fourth-order valence-corrected chi connectivity index (χ4v) is 2.23. The maximum absolute atomic E-state index is 11.9. The summed E-state index contributed by atoms with van der Waals surface area (Å²) in [5.74, 6) is 0. The molecule has 0 aliphatic heterocycles. The summed E-state index contributed by atoms with van der Waals surface area (Å²) in [7, 11) is 2.21. The first-order chi connectivity index (χ1) is 12.3. The minimum atomic E-state index is -0.347. The van der Waals surface area contributed by atoms with E-state index in [4.69, 9.17) is 4.74 Å². The Morgan fingerprint density at radius 3 is 2.15 bits per heavy atom. The Morgan fingerprint density at radius 1 is 1.04 bits per heavy atom. The molecule has 0 fully saturated rings. The van der Waals surface area contributed by atoms with Crippen molar-refractivity contribution in [3.63, 3.8) is 0 Å². The van der Waals surface area contributed by atoms with Crippen LogP contribution < -0.4 is 34.2 Å². The summed E-state index contributed by atoms with van der Waals surface area (Å²) in [4.78, 5) is 13.4. The van der Waals surface area contributed by atoms with E-state index in [9.17, 15) is 4.79 Å². The molecule has 1 amide bonds. The molecule has 0 saturated heterocycles. The molecule has 0 aromatic heterocycles. The minimum Gasteiger partial charge on any atom is -1.00 e. The van der Waals surface area contributed by atoms with E-state index < -0.39 is 0 Å². The number of nitrogens with one attached hydrogen (secondary N) is 2. The van der Waals surface area contributed by atoms with E-state index in [1.807, 2.05) is 44.2 Å². The predicted octanol–water partition coefficient (Wildman–Crippen LogP) is 1.21. The minimum absolute atomic E-state index is 0. The lowest BCUT2D eigenvalue weighted by atomic mass is 10.0. The molecule has 1 unspecified atom stereocenters. The number of ether oxygens (including phenoxy) is 1. The van der Waals surface area contributed by atoms with Gasteiger partial charge in [0.1, 0.15) is 6.61 Å². The van der Waals surface area contributed by atoms with Crippen molar-refractivity contribution in [3.8, 4) is 0 Å². The number of carbonyl (C=O) groups is 1. The van der Waals surface area contributed by atoms with Crippen LogP contribution in [0.1, 0.15) is 72.3 Å². The molecule has 5 heteroatoms. The third-order valence-electron chi connectivity index (χ3n) is 4.29. The predicted molar refractivity (Wildman–Crippen MR) is 111 cm³/mol. The Hall–Kier alpha value is -0.820. The summed E-state index contributed by atoms with van der Waals surface area (Å²) < 4.78 is 5.28. The largest absolute Gasteiger partial charge is 1.00 e. The van der Waals surface area contributed by atoms with Gasteiger partial charge in [0.2, 0.25) is 0 Å². The Morgan fingerprint density at radius 2 is 1.63 bits per heavy atom. The maximum atomic E-state index is 11.9. The number of benzene rings is 1. The van der Waals surface area contributed by atoms with E-state index in [0.717, 1.165) is 18.5 Å². The number of unbranched alkanes of at least 4 members (excludes halogenated alkanes) is 2. The van der Waals surface area contributed by atoms with Crippen molar-refractivity contribution in [2.75, 3.05) is 20.1 Å². The highest BCUT2D eigenvalue weighted by molar-refractivity contribution is 5.68. The summed E-state index contributed by atoms with van der Waals surface area (Å²) >= 11 is 0. The van der Waals surface area contributed by atoms with Crippen LogP contribution in [0.5, 0.6) is 0 Å². The van der Waals surface area contributed by atoms with Crippen molar-refractivity contribution in [1.29, 1.82) is 0 Å². The molecule has 0 radical (unpaired) electrons. The Labute approximate surface area is 184 Å². The van der Waals surface area contributed by atoms with Crippen LogP contribution in [-0.2, 0) is 11.3 Å². The summed E-state index contributed by atoms with van der Waals surface area (Å²) in [5, 5.41) is 2.96. The third-order valence-corrected chi connectivity index (χ3v) is 4.29. The standard InChI is InChI=1S/C18H30N2O2.C4H10.HI/c1-5-6-13-20(4)14-12-18(2,3)19-17(21)22-15-16-10-8-7-9-11-16;1-3-4-2;/h7-11H,5-6,12-15H2,1-4H3,(H,19,21);3-4H2,1-2H3;1H. The topological polar surface area (TPSA) is 42.8 Å². The van der Waals surface area contributed by atoms with Gasteiger partial charge in [0.25, 0.3) is 0 Å². The van der Waals surface area contributed by atoms with Gasteiger partial charge in [0, 0.05) is 12.0 Å². The van der Waals surface area contributed by atoms with Gasteiger partial charge >= 0.3 is 6.09 Å². The molecule has 1 aromatic carbocycles. The van der Waals surface area contributed by atoms with E-state index in [2.05, 4.69) is 33.1 Å². The first-order valence-electron chi connectivity index (χ1n) is 10.1. The fourth-order valence-electron chi connectivity index (χ4n) is 2.23. The van der Waals surface area contributed by atoms with Gasteiger partial charge in [-0.3, -0.25) is 0 Å². The number of hydrogen-bond acceptors (Lipinski definition) is 2. The summed E-state index contributed by atoms with van der Waals surface area (Å²) in [6.45, 7) is 13.2. The van der Waals surface area contributed by atoms with Crippen molar-refractivity contribution in [1.82, 2.24) is 5.32 Å². The maximum Gasteiger partial charge on any atom is 0.407 e. The molecule has 0 aliphatic rings. The summed E-state index contributed by atoms with van der Waals surface area (Å²) in [6, 6.07) is 9.73. The van der Waals surface area contributed by atoms with Crippen LogP contribution in [0.2, 0.25) is 0 Å². The number of quaternary nitrogens is 1. The highest BCUT2D eigenvalue weighted by Crippen LogP contribution is 2.08. The SMILES string of the molecule is CCCC.CCCC[NH+](C)CCC(C)(C)NC(=O)OCc1ccccc1.[I-]. The van der Waals surface area contributed by atoms with E-state index in [1.54, 1.807) is 0 Å². The van der Waals surface area contributed by atoms with Gasteiger partial charge in [0.15, 0.2) is 0 Å². The van der Waals surface area contributed by atoms with E-state index in [1.165, 1.54) is 37.1 Å². The molecular formula is C22H41IN2O2. The zero-order valence-electron chi connectivity index (χ0n) is 18.2. The molecule has 27 heavy (non-hydrogen) atoms.